The maximum absolute atomic E-state index is 11.8. The second-order valence-electron chi connectivity index (χ2n) is 4.05. The summed E-state index contributed by atoms with van der Waals surface area (Å²) in [5.41, 5.74) is 6.15. The van der Waals surface area contributed by atoms with Crippen LogP contribution in [0.1, 0.15) is 0 Å². The van der Waals surface area contributed by atoms with Gasteiger partial charge in [-0.3, -0.25) is 0 Å². The maximum Gasteiger partial charge on any atom is 0.411 e. The molecule has 0 unspecified atom stereocenters. The lowest BCUT2D eigenvalue weighted by Crippen LogP contribution is -2.21. The zero-order valence-corrected chi connectivity index (χ0v) is 12.0. The molecule has 6 nitrogen and oxygen atoms in total. The minimum Gasteiger partial charge on any atom is -0.398 e. The van der Waals surface area contributed by atoms with Crippen molar-refractivity contribution in [3.05, 3.63) is 18.2 Å². The van der Waals surface area contributed by atoms with Crippen molar-refractivity contribution >= 4 is 21.4 Å². The summed E-state index contributed by atoms with van der Waals surface area (Å²) >= 11 is 0. The zero-order valence-electron chi connectivity index (χ0n) is 11.2. The lowest BCUT2D eigenvalue weighted by Gasteiger charge is -2.11. The van der Waals surface area contributed by atoms with E-state index >= 15 is 0 Å². The Morgan fingerprint density at radius 3 is 2.52 bits per heavy atom. The minimum absolute atomic E-state index is 0.0329. The summed E-state index contributed by atoms with van der Waals surface area (Å²) in [6.45, 7) is -1.32. The molecule has 0 bridgehead atoms. The van der Waals surface area contributed by atoms with Crippen LogP contribution in [0.4, 0.5) is 24.5 Å². The van der Waals surface area contributed by atoms with Gasteiger partial charge in [0.25, 0.3) is 0 Å². The van der Waals surface area contributed by atoms with Gasteiger partial charge in [0.15, 0.2) is 0 Å². The number of hydrogen-bond donors (Lipinski definition) is 3. The SMILES string of the molecule is CNS(=O)(=O)c1ccc(NCCOCC(F)(F)F)cc1N. The van der Waals surface area contributed by atoms with Gasteiger partial charge in [0, 0.05) is 12.2 Å². The van der Waals surface area contributed by atoms with Gasteiger partial charge >= 0.3 is 6.18 Å². The van der Waals surface area contributed by atoms with E-state index in [1.165, 1.54) is 25.2 Å². The second kappa shape index (κ2) is 6.96. The summed E-state index contributed by atoms with van der Waals surface area (Å²) in [6, 6.07) is 4.15. The van der Waals surface area contributed by atoms with Gasteiger partial charge < -0.3 is 15.8 Å². The third-order valence-electron chi connectivity index (χ3n) is 2.41. The third kappa shape index (κ3) is 5.78. The Morgan fingerprint density at radius 1 is 1.33 bits per heavy atom. The Labute approximate surface area is 120 Å². The van der Waals surface area contributed by atoms with E-state index in [1.807, 2.05) is 0 Å². The molecule has 0 spiro atoms. The molecule has 0 aliphatic rings. The van der Waals surface area contributed by atoms with E-state index in [1.54, 1.807) is 0 Å². The standard InChI is InChI=1S/C11H16F3N3O3S/c1-16-21(18,19)10-3-2-8(6-9(10)15)17-4-5-20-7-11(12,13)14/h2-3,6,16-17H,4-5,7,15H2,1H3. The largest absolute Gasteiger partial charge is 0.411 e. The summed E-state index contributed by atoms with van der Waals surface area (Å²) in [6.07, 6.45) is -4.35. The first-order valence-electron chi connectivity index (χ1n) is 5.87. The first kappa shape index (κ1) is 17.5. The summed E-state index contributed by atoms with van der Waals surface area (Å²) < 4.78 is 65.2. The van der Waals surface area contributed by atoms with Gasteiger partial charge in [-0.1, -0.05) is 0 Å². The van der Waals surface area contributed by atoms with Gasteiger partial charge in [-0.15, -0.1) is 0 Å². The number of hydrogen-bond acceptors (Lipinski definition) is 5. The molecule has 10 heteroatoms. The maximum atomic E-state index is 11.8. The van der Waals surface area contributed by atoms with Crippen LogP contribution in [-0.2, 0) is 14.8 Å². The van der Waals surface area contributed by atoms with E-state index in [9.17, 15) is 21.6 Å². The van der Waals surface area contributed by atoms with E-state index in [0.29, 0.717) is 5.69 Å². The van der Waals surface area contributed by atoms with E-state index < -0.39 is 22.8 Å². The molecule has 0 heterocycles. The van der Waals surface area contributed by atoms with E-state index in [4.69, 9.17) is 5.73 Å². The Balaban J connectivity index is 2.54. The summed E-state index contributed by atoms with van der Waals surface area (Å²) in [7, 11) is -2.38. The van der Waals surface area contributed by atoms with Crippen LogP contribution in [0, 0.1) is 0 Å². The predicted molar refractivity (Wildman–Crippen MR) is 72.5 cm³/mol. The van der Waals surface area contributed by atoms with Crippen LogP contribution < -0.4 is 15.8 Å². The molecule has 0 aliphatic heterocycles. The van der Waals surface area contributed by atoms with Crippen LogP contribution in [0.2, 0.25) is 0 Å². The summed E-state index contributed by atoms with van der Waals surface area (Å²) in [4.78, 5) is -0.0659. The average Bonchev–Trinajstić information content (AvgIpc) is 2.36. The number of alkyl halides is 3. The highest BCUT2D eigenvalue weighted by atomic mass is 32.2. The smallest absolute Gasteiger partial charge is 0.398 e. The van der Waals surface area contributed by atoms with Crippen LogP contribution in [-0.4, -0.2) is 41.4 Å². The normalized spacial score (nSPS) is 12.4. The molecule has 0 saturated heterocycles. The quantitative estimate of drug-likeness (QED) is 0.516. The van der Waals surface area contributed by atoms with Crippen LogP contribution in [0.3, 0.4) is 0 Å². The summed E-state index contributed by atoms with van der Waals surface area (Å²) in [5, 5.41) is 2.78. The molecule has 1 aromatic carbocycles. The van der Waals surface area contributed by atoms with Gasteiger partial charge in [-0.25, -0.2) is 13.1 Å². The number of nitrogens with one attached hydrogen (secondary N) is 2. The lowest BCUT2D eigenvalue weighted by molar-refractivity contribution is -0.172. The Morgan fingerprint density at radius 2 is 2.00 bits per heavy atom. The minimum atomic E-state index is -4.35. The molecular weight excluding hydrogens is 311 g/mol. The fourth-order valence-corrected chi connectivity index (χ4v) is 2.30. The lowest BCUT2D eigenvalue weighted by atomic mass is 10.3. The van der Waals surface area contributed by atoms with Crippen molar-refractivity contribution in [3.8, 4) is 0 Å². The Bertz CT molecular complexity index is 576. The van der Waals surface area contributed by atoms with Crippen LogP contribution in [0.15, 0.2) is 23.1 Å². The van der Waals surface area contributed by atoms with Gasteiger partial charge in [0.1, 0.15) is 11.5 Å². The van der Waals surface area contributed by atoms with Crippen LogP contribution >= 0.6 is 0 Å². The molecule has 0 aromatic heterocycles. The number of rotatable bonds is 7. The first-order valence-corrected chi connectivity index (χ1v) is 7.35. The summed E-state index contributed by atoms with van der Waals surface area (Å²) in [5.74, 6) is 0. The van der Waals surface area contributed by atoms with Crippen LogP contribution in [0.25, 0.3) is 0 Å². The number of nitrogens with two attached hydrogens (primary N) is 1. The van der Waals surface area contributed by atoms with Crippen LogP contribution in [0.5, 0.6) is 0 Å². The molecular formula is C11H16F3N3O3S. The van der Waals surface area contributed by atoms with Crippen molar-refractivity contribution in [3.63, 3.8) is 0 Å². The highest BCUT2D eigenvalue weighted by Crippen LogP contribution is 2.22. The van der Waals surface area contributed by atoms with Gasteiger partial charge in [-0.05, 0) is 25.2 Å². The molecule has 120 valence electrons. The number of anilines is 2. The molecule has 0 atom stereocenters. The fraction of sp³-hybridized carbons (Fsp3) is 0.455. The van der Waals surface area contributed by atoms with E-state index in [2.05, 4.69) is 14.8 Å². The number of benzene rings is 1. The molecule has 0 aliphatic carbocycles. The molecule has 21 heavy (non-hydrogen) atoms. The zero-order chi connectivity index (χ0) is 16.1. The molecule has 0 amide bonds. The molecule has 0 radical (unpaired) electrons. The highest BCUT2D eigenvalue weighted by molar-refractivity contribution is 7.89. The number of halogens is 3. The van der Waals surface area contributed by atoms with Crippen molar-refractivity contribution in [2.45, 2.75) is 11.1 Å². The number of nitrogen functional groups attached to an aromatic ring is 1. The molecule has 1 rings (SSSR count). The fourth-order valence-electron chi connectivity index (χ4n) is 1.47. The van der Waals surface area contributed by atoms with Crippen molar-refractivity contribution < 1.29 is 26.3 Å². The molecule has 0 fully saturated rings. The van der Waals surface area contributed by atoms with Crippen molar-refractivity contribution in [2.75, 3.05) is 37.9 Å². The van der Waals surface area contributed by atoms with Crippen molar-refractivity contribution in [1.29, 1.82) is 0 Å². The Kier molecular flexibility index (Phi) is 5.81. The number of sulfonamides is 1. The Hall–Kier alpha value is -1.52. The van der Waals surface area contributed by atoms with E-state index in [0.717, 1.165) is 0 Å². The third-order valence-corrected chi connectivity index (χ3v) is 3.90. The topological polar surface area (TPSA) is 93.5 Å². The molecule has 0 saturated carbocycles. The highest BCUT2D eigenvalue weighted by Gasteiger charge is 2.27. The monoisotopic (exact) mass is 327 g/mol. The predicted octanol–water partition coefficient (Wildman–Crippen LogP) is 1.17. The van der Waals surface area contributed by atoms with Gasteiger partial charge in [0.05, 0.1) is 12.3 Å². The van der Waals surface area contributed by atoms with Gasteiger partial charge in [-0.2, -0.15) is 13.2 Å². The second-order valence-corrected chi connectivity index (χ2v) is 5.91. The molecule has 1 aromatic rings. The first-order chi connectivity index (χ1) is 9.65. The number of ether oxygens (including phenoxy) is 1. The van der Waals surface area contributed by atoms with Crippen molar-refractivity contribution in [2.24, 2.45) is 0 Å². The van der Waals surface area contributed by atoms with Crippen molar-refractivity contribution in [1.82, 2.24) is 4.72 Å². The average molecular weight is 327 g/mol. The molecule has 4 N–H and O–H groups in total. The van der Waals surface area contributed by atoms with Gasteiger partial charge in [0.2, 0.25) is 10.0 Å². The van der Waals surface area contributed by atoms with E-state index in [-0.39, 0.29) is 23.7 Å².